The van der Waals surface area contributed by atoms with Gasteiger partial charge in [0.15, 0.2) is 11.6 Å². The smallest absolute Gasteiger partial charge is 0.191 e. The van der Waals surface area contributed by atoms with Crippen LogP contribution in [0.25, 0.3) is 5.65 Å². The largest absolute Gasteiger partial charge is 0.356 e. The molecule has 1 aromatic carbocycles. The number of hydrogen-bond donors (Lipinski definition) is 2. The zero-order valence-electron chi connectivity index (χ0n) is 15.0. The van der Waals surface area contributed by atoms with Gasteiger partial charge in [-0.3, -0.25) is 9.39 Å². The molecule has 7 heteroatoms. The second-order valence-corrected chi connectivity index (χ2v) is 6.51. The van der Waals surface area contributed by atoms with E-state index in [-0.39, 0.29) is 6.04 Å². The van der Waals surface area contributed by atoms with Crippen LogP contribution in [-0.2, 0) is 6.42 Å². The van der Waals surface area contributed by atoms with E-state index in [4.69, 9.17) is 11.6 Å². The minimum absolute atomic E-state index is 0.111. The van der Waals surface area contributed by atoms with E-state index in [0.29, 0.717) is 0 Å². The Hall–Kier alpha value is -2.60. The van der Waals surface area contributed by atoms with Crippen LogP contribution in [0.5, 0.6) is 0 Å². The molecule has 0 bridgehead atoms. The molecule has 0 amide bonds. The topological polar surface area (TPSA) is 66.6 Å². The van der Waals surface area contributed by atoms with E-state index in [1.54, 1.807) is 7.05 Å². The van der Waals surface area contributed by atoms with E-state index in [2.05, 4.69) is 32.7 Å². The van der Waals surface area contributed by atoms with Gasteiger partial charge in [-0.05, 0) is 43.2 Å². The fourth-order valence-corrected chi connectivity index (χ4v) is 2.97. The standard InChI is InChI=1S/C19H23ClN6/c1-14(15-7-5-8-16(20)13-15)23-19(21-2)22-11-6-10-18-25-24-17-9-3-4-12-26(17)18/h3-5,7-9,12-14H,6,10-11H2,1-2H3,(H2,21,22,23). The number of pyridine rings is 1. The second-order valence-electron chi connectivity index (χ2n) is 6.07. The predicted octanol–water partition coefficient (Wildman–Crippen LogP) is 3.24. The lowest BCUT2D eigenvalue weighted by Crippen LogP contribution is -2.39. The Morgan fingerprint density at radius 2 is 2.12 bits per heavy atom. The highest BCUT2D eigenvalue weighted by atomic mass is 35.5. The Labute approximate surface area is 158 Å². The molecule has 3 rings (SSSR count). The SMILES string of the molecule is CN=C(NCCCc1nnc2ccccn12)NC(C)c1cccc(Cl)c1. The summed E-state index contributed by atoms with van der Waals surface area (Å²) in [5.74, 6) is 1.74. The molecule has 26 heavy (non-hydrogen) atoms. The quantitative estimate of drug-likeness (QED) is 0.397. The molecule has 0 fully saturated rings. The first kappa shape index (κ1) is 18.2. The van der Waals surface area contributed by atoms with Crippen LogP contribution in [0.1, 0.15) is 30.8 Å². The first-order chi connectivity index (χ1) is 12.7. The molecule has 0 spiro atoms. The van der Waals surface area contributed by atoms with E-state index in [9.17, 15) is 0 Å². The van der Waals surface area contributed by atoms with Crippen LogP contribution in [-0.4, -0.2) is 34.2 Å². The summed E-state index contributed by atoms with van der Waals surface area (Å²) >= 11 is 6.07. The van der Waals surface area contributed by atoms with Gasteiger partial charge in [-0.2, -0.15) is 0 Å². The number of guanidine groups is 1. The molecule has 0 saturated heterocycles. The molecule has 0 aliphatic heterocycles. The van der Waals surface area contributed by atoms with Gasteiger partial charge in [-0.15, -0.1) is 10.2 Å². The molecular weight excluding hydrogens is 348 g/mol. The molecular formula is C19H23ClN6. The van der Waals surface area contributed by atoms with Crippen molar-refractivity contribution in [2.75, 3.05) is 13.6 Å². The molecule has 6 nitrogen and oxygen atoms in total. The fraction of sp³-hybridized carbons (Fsp3) is 0.316. The number of aryl methyl sites for hydroxylation is 1. The molecule has 0 aliphatic rings. The van der Waals surface area contributed by atoms with Crippen molar-refractivity contribution in [1.29, 1.82) is 0 Å². The van der Waals surface area contributed by atoms with Crippen molar-refractivity contribution in [1.82, 2.24) is 25.2 Å². The van der Waals surface area contributed by atoms with Crippen molar-refractivity contribution in [3.05, 3.63) is 65.1 Å². The monoisotopic (exact) mass is 370 g/mol. The van der Waals surface area contributed by atoms with Crippen LogP contribution < -0.4 is 10.6 Å². The lowest BCUT2D eigenvalue weighted by atomic mass is 10.1. The van der Waals surface area contributed by atoms with Crippen molar-refractivity contribution in [3.63, 3.8) is 0 Å². The van der Waals surface area contributed by atoms with Crippen LogP contribution >= 0.6 is 11.6 Å². The minimum Gasteiger partial charge on any atom is -0.356 e. The summed E-state index contributed by atoms with van der Waals surface area (Å²) in [5, 5.41) is 15.9. The third kappa shape index (κ3) is 4.52. The Bertz CT molecular complexity index is 888. The van der Waals surface area contributed by atoms with Gasteiger partial charge in [0.2, 0.25) is 0 Å². The van der Waals surface area contributed by atoms with Crippen LogP contribution in [0.15, 0.2) is 53.7 Å². The third-order valence-corrected chi connectivity index (χ3v) is 4.41. The normalized spacial score (nSPS) is 13.0. The summed E-state index contributed by atoms with van der Waals surface area (Å²) in [6, 6.07) is 13.9. The van der Waals surface area contributed by atoms with Crippen molar-refractivity contribution in [2.45, 2.75) is 25.8 Å². The molecule has 136 valence electrons. The lowest BCUT2D eigenvalue weighted by molar-refractivity contribution is 0.667. The van der Waals surface area contributed by atoms with Gasteiger partial charge in [-0.1, -0.05) is 29.8 Å². The summed E-state index contributed by atoms with van der Waals surface area (Å²) in [6.45, 7) is 2.88. The number of halogens is 1. The van der Waals surface area contributed by atoms with Gasteiger partial charge in [0, 0.05) is 31.2 Å². The third-order valence-electron chi connectivity index (χ3n) is 4.18. The van der Waals surface area contributed by atoms with Crippen LogP contribution in [0, 0.1) is 0 Å². The first-order valence-corrected chi connectivity index (χ1v) is 9.06. The van der Waals surface area contributed by atoms with Crippen LogP contribution in [0.3, 0.4) is 0 Å². The highest BCUT2D eigenvalue weighted by Crippen LogP contribution is 2.17. The fourth-order valence-electron chi connectivity index (χ4n) is 2.77. The zero-order valence-corrected chi connectivity index (χ0v) is 15.7. The summed E-state index contributed by atoms with van der Waals surface area (Å²) < 4.78 is 2.02. The zero-order chi connectivity index (χ0) is 18.4. The maximum absolute atomic E-state index is 6.07. The number of rotatable bonds is 6. The number of aliphatic imine (C=N–C) groups is 1. The van der Waals surface area contributed by atoms with E-state index < -0.39 is 0 Å². The molecule has 0 aliphatic carbocycles. The molecule has 1 atom stereocenters. The van der Waals surface area contributed by atoms with Gasteiger partial charge in [0.1, 0.15) is 5.82 Å². The average molecular weight is 371 g/mol. The number of nitrogens with zero attached hydrogens (tertiary/aromatic N) is 4. The summed E-state index contributed by atoms with van der Waals surface area (Å²) in [4.78, 5) is 4.29. The lowest BCUT2D eigenvalue weighted by Gasteiger charge is -2.18. The molecule has 1 unspecified atom stereocenters. The van der Waals surface area contributed by atoms with E-state index in [1.807, 2.05) is 53.1 Å². The predicted molar refractivity (Wildman–Crippen MR) is 106 cm³/mol. The van der Waals surface area contributed by atoms with Gasteiger partial charge in [-0.25, -0.2) is 0 Å². The maximum Gasteiger partial charge on any atom is 0.191 e. The molecule has 2 heterocycles. The molecule has 0 saturated carbocycles. The maximum atomic E-state index is 6.07. The van der Waals surface area contributed by atoms with Crippen molar-refractivity contribution in [3.8, 4) is 0 Å². The Morgan fingerprint density at radius 3 is 2.92 bits per heavy atom. The molecule has 2 aromatic heterocycles. The number of benzene rings is 1. The summed E-state index contributed by atoms with van der Waals surface area (Å²) in [7, 11) is 1.77. The Kier molecular flexibility index (Phi) is 6.07. The van der Waals surface area contributed by atoms with Gasteiger partial charge >= 0.3 is 0 Å². The number of aromatic nitrogens is 3. The minimum atomic E-state index is 0.111. The van der Waals surface area contributed by atoms with E-state index >= 15 is 0 Å². The van der Waals surface area contributed by atoms with Crippen molar-refractivity contribution < 1.29 is 0 Å². The first-order valence-electron chi connectivity index (χ1n) is 8.68. The van der Waals surface area contributed by atoms with Crippen LogP contribution in [0.4, 0.5) is 0 Å². The van der Waals surface area contributed by atoms with Gasteiger partial charge < -0.3 is 10.6 Å². The molecule has 0 radical (unpaired) electrons. The summed E-state index contributed by atoms with van der Waals surface area (Å²) in [6.07, 6.45) is 3.77. The van der Waals surface area contributed by atoms with Gasteiger partial charge in [0.05, 0.1) is 6.04 Å². The van der Waals surface area contributed by atoms with Crippen LogP contribution in [0.2, 0.25) is 5.02 Å². The van der Waals surface area contributed by atoms with E-state index in [1.165, 1.54) is 0 Å². The second kappa shape index (κ2) is 8.67. The Balaban J connectivity index is 1.48. The highest BCUT2D eigenvalue weighted by Gasteiger charge is 2.08. The van der Waals surface area contributed by atoms with E-state index in [0.717, 1.165) is 47.4 Å². The molecule has 3 aromatic rings. The highest BCUT2D eigenvalue weighted by molar-refractivity contribution is 6.30. The Morgan fingerprint density at radius 1 is 1.23 bits per heavy atom. The van der Waals surface area contributed by atoms with Crippen molar-refractivity contribution in [2.24, 2.45) is 4.99 Å². The number of hydrogen-bond acceptors (Lipinski definition) is 3. The van der Waals surface area contributed by atoms with Gasteiger partial charge in [0.25, 0.3) is 0 Å². The average Bonchev–Trinajstić information content (AvgIpc) is 3.07. The number of nitrogens with one attached hydrogen (secondary N) is 2. The molecule has 2 N–H and O–H groups in total. The number of fused-ring (bicyclic) bond motifs is 1. The van der Waals surface area contributed by atoms with Crippen molar-refractivity contribution >= 4 is 23.2 Å². The summed E-state index contributed by atoms with van der Waals surface area (Å²) in [5.41, 5.74) is 2.00.